The fourth-order valence-corrected chi connectivity index (χ4v) is 9.51. The number of hydrogen-bond donors (Lipinski definition) is 5. The van der Waals surface area contributed by atoms with Crippen LogP contribution >= 0.6 is 70.1 Å². The number of aromatic carboxylic acids is 1. The molecule has 2 aromatic heterocycles. The number of ether oxygens (including phenoxy) is 7. The van der Waals surface area contributed by atoms with E-state index in [-0.39, 0.29) is 130 Å². The zero-order chi connectivity index (χ0) is 72.7. The number of H-pyrrole nitrogens is 2. The van der Waals surface area contributed by atoms with Gasteiger partial charge in [-0.3, -0.25) is 19.2 Å². The number of aromatic nitrogens is 2. The van der Waals surface area contributed by atoms with Gasteiger partial charge >= 0.3 is 77.3 Å². The van der Waals surface area contributed by atoms with Gasteiger partial charge in [0.2, 0.25) is 10.9 Å². The van der Waals surface area contributed by atoms with E-state index in [9.17, 15) is 47.9 Å². The van der Waals surface area contributed by atoms with Crippen LogP contribution in [-0.4, -0.2) is 138 Å². The molecular formula is C70H85IN5NaO18S5. The molecule has 0 aliphatic rings. The molecule has 0 aliphatic heterocycles. The predicted octanol–water partition coefficient (Wildman–Crippen LogP) is 11.4. The van der Waals surface area contributed by atoms with Crippen molar-refractivity contribution >= 4 is 175 Å². The van der Waals surface area contributed by atoms with Gasteiger partial charge in [-0.15, -0.1) is 35.3 Å². The van der Waals surface area contributed by atoms with Crippen LogP contribution in [0.2, 0.25) is 0 Å². The van der Waals surface area contributed by atoms with E-state index in [2.05, 4.69) is 75.0 Å². The second kappa shape index (κ2) is 56.9. The second-order valence-electron chi connectivity index (χ2n) is 17.6. The number of nitrogens with one attached hydrogen (secondary N) is 4. The number of para-hydroxylation sites is 5. The maximum absolute atomic E-state index is 12.3. The van der Waals surface area contributed by atoms with Gasteiger partial charge in [-0.2, -0.15) is 4.99 Å². The van der Waals surface area contributed by atoms with Gasteiger partial charge in [-0.25, -0.2) is 28.8 Å². The van der Waals surface area contributed by atoms with E-state index < -0.39 is 53.2 Å². The molecule has 5 aromatic carbocycles. The van der Waals surface area contributed by atoms with Crippen molar-refractivity contribution in [3.63, 3.8) is 0 Å². The van der Waals surface area contributed by atoms with Crippen molar-refractivity contribution in [2.75, 3.05) is 80.6 Å². The number of nitrogens with zero attached hydrogens (tertiary/aromatic N) is 1. The summed E-state index contributed by atoms with van der Waals surface area (Å²) in [6.45, 7) is 13.2. The number of thiocarbonyl (C=S) groups is 1. The number of esters is 7. The minimum absolute atomic E-state index is 0. The van der Waals surface area contributed by atoms with Crippen LogP contribution in [0.25, 0.3) is 21.8 Å². The first-order valence-corrected chi connectivity index (χ1v) is 36.0. The number of alkyl halides is 1. The Kier molecular flexibility index (Phi) is 54.8. The van der Waals surface area contributed by atoms with E-state index in [0.717, 1.165) is 16.9 Å². The summed E-state index contributed by atoms with van der Waals surface area (Å²) >= 11 is 15.4. The number of carbonyl (C=O) groups is 8. The van der Waals surface area contributed by atoms with E-state index in [1.54, 1.807) is 122 Å². The summed E-state index contributed by atoms with van der Waals surface area (Å²) in [6.07, 6.45) is 5.01. The third-order valence-electron chi connectivity index (χ3n) is 11.3. The van der Waals surface area contributed by atoms with Crippen LogP contribution in [0.1, 0.15) is 90.5 Å². The van der Waals surface area contributed by atoms with E-state index in [4.69, 9.17) is 41.4 Å². The monoisotopic (exact) mass is 1590 g/mol. The van der Waals surface area contributed by atoms with Crippen molar-refractivity contribution in [1.29, 1.82) is 0 Å². The SMILES string of the molecule is C.C.CCOC(=O)C(C(=O)OCC)=C(Nc1ccccc1)SC.CCOC(=O)C(C(=O)OCC)=C([S-])Nc1ccccc1.CCOC(=O)CC(=O)OCC.CCOC(=O)c1c(SC)[nH]c2ccccc2c1=O.CI.CSc1[nH]c2ccccc2c(=O)c1C(=O)O.S=C=Nc1ccccc1.[Na+]. The maximum atomic E-state index is 12.3. The summed E-state index contributed by atoms with van der Waals surface area (Å²) in [4.78, 5) is 128. The molecule has 0 fully saturated rings. The van der Waals surface area contributed by atoms with E-state index in [0.29, 0.717) is 37.1 Å². The molecule has 2 heterocycles. The minimum atomic E-state index is -1.20. The zero-order valence-electron chi connectivity index (χ0n) is 56.2. The van der Waals surface area contributed by atoms with Gasteiger partial charge in [0, 0.05) is 22.1 Å². The molecule has 23 nitrogen and oxygen atoms in total. The van der Waals surface area contributed by atoms with Crippen LogP contribution in [0, 0.1) is 0 Å². The van der Waals surface area contributed by atoms with Crippen molar-refractivity contribution in [2.45, 2.75) is 79.8 Å². The van der Waals surface area contributed by atoms with Gasteiger partial charge in [-0.05, 0) is 145 Å². The fourth-order valence-electron chi connectivity index (χ4n) is 7.35. The Morgan fingerprint density at radius 2 is 0.850 bits per heavy atom. The second-order valence-corrected chi connectivity index (χ2v) is 20.7. The van der Waals surface area contributed by atoms with Gasteiger partial charge in [-0.1, -0.05) is 121 Å². The molecule has 7 aromatic rings. The zero-order valence-corrected chi connectivity index (χ0v) is 64.4. The molecule has 100 heavy (non-hydrogen) atoms. The predicted molar refractivity (Wildman–Crippen MR) is 410 cm³/mol. The van der Waals surface area contributed by atoms with Crippen LogP contribution in [0.5, 0.6) is 0 Å². The number of carbonyl (C=O) groups excluding carboxylic acids is 7. The largest absolute Gasteiger partial charge is 1.00 e. The summed E-state index contributed by atoms with van der Waals surface area (Å²) in [5, 5.41) is 19.4. The molecule has 0 unspecified atom stereocenters. The quantitative estimate of drug-likeness (QED) is 0.00323. The van der Waals surface area contributed by atoms with E-state index in [1.807, 2.05) is 90.0 Å². The van der Waals surface area contributed by atoms with E-state index in [1.165, 1.54) is 35.3 Å². The van der Waals surface area contributed by atoms with Crippen molar-refractivity contribution in [1.82, 2.24) is 9.97 Å². The first-order chi connectivity index (χ1) is 46.7. The third-order valence-corrected chi connectivity index (χ3v) is 13.9. The van der Waals surface area contributed by atoms with Crippen LogP contribution in [0.15, 0.2) is 185 Å². The first kappa shape index (κ1) is 96.3. The number of rotatable bonds is 23. The van der Waals surface area contributed by atoms with E-state index >= 15 is 0 Å². The number of aliphatic imine (C=N–C) groups is 1. The third kappa shape index (κ3) is 34.5. The average Bonchev–Trinajstić information content (AvgIpc) is 0.793. The molecule has 0 amide bonds. The molecule has 0 saturated heterocycles. The maximum Gasteiger partial charge on any atom is 1.00 e. The standard InChI is InChI=1S/C15H19NO4S.C14H17NO4S.C13H13NO3S.C11H9NO3S.C7H5NS.C7H12O4.CH3I.2CH4.Na/c1-4-19-14(17)12(15(18)20-5-2)13(21-3)16-11-9-7-6-8-10-11;1-3-18-13(16)11(14(17)19-4-2)12(20)15-10-8-6-5-7-9-10;1-3-17-13(16)10-11(15)8-6-4-5-7-9(8)14-12(10)18-2;1-16-10-8(11(14)15)9(13)6-4-2-3-5-7(6)12-10;9-6-8-7-4-2-1-3-5-7;1-3-10-6(8)5-7(9)11-4-2;1-2;;;/h6-10,16H,4-5H2,1-3H3;5-9,15,20H,3-4H2,1-2H3;4-7H,3H2,1-2H3,(H,14,15);2-5H,1H3,(H,12,13)(H,14,15);1-5H;3-5H2,1-2H3;1H3;2*1H4;/q;;;;;;;;;+1/p-1. The number of benzene rings is 5. The fraction of sp³-hybridized carbons (Fsp3) is 0.300. The number of fused-ring (bicyclic) bond motifs is 2. The van der Waals surface area contributed by atoms with Crippen molar-refractivity contribution in [3.05, 3.63) is 192 Å². The Bertz CT molecular complexity index is 3860. The Hall–Kier alpha value is -7.84. The molecule has 536 valence electrons. The van der Waals surface area contributed by atoms with Gasteiger partial charge < -0.3 is 71.5 Å². The number of anilines is 2. The smallest absolute Gasteiger partial charge is 0.761 e. The van der Waals surface area contributed by atoms with Gasteiger partial charge in [0.05, 0.1) is 83.2 Å². The molecule has 0 spiro atoms. The number of isothiocyanates is 1. The average molecular weight is 1590 g/mol. The number of aromatic amines is 2. The van der Waals surface area contributed by atoms with Crippen LogP contribution in [0.3, 0.4) is 0 Å². The number of pyridine rings is 2. The normalized spacial score (nSPS) is 9.28. The number of hydrogen-bond acceptors (Lipinski definition) is 25. The number of thioether (sulfide) groups is 3. The van der Waals surface area contributed by atoms with Gasteiger partial charge in [0.15, 0.2) is 5.57 Å². The molecule has 0 aliphatic carbocycles. The molecular weight excluding hydrogens is 1510 g/mol. The Balaban J connectivity index is -0.00000114. The summed E-state index contributed by atoms with van der Waals surface area (Å²) in [5.41, 5.74) is 2.43. The Morgan fingerprint density at radius 1 is 0.510 bits per heavy atom. The summed E-state index contributed by atoms with van der Waals surface area (Å²) in [6, 6.07) is 41.7. The van der Waals surface area contributed by atoms with Crippen LogP contribution < -0.4 is 51.0 Å². The molecule has 5 N–H and O–H groups in total. The van der Waals surface area contributed by atoms with Gasteiger partial charge in [0.25, 0.3) is 0 Å². The first-order valence-electron chi connectivity index (χ1n) is 29.3. The Labute approximate surface area is 642 Å². The summed E-state index contributed by atoms with van der Waals surface area (Å²) in [7, 11) is 0. The van der Waals surface area contributed by atoms with Crippen molar-refractivity contribution < 1.29 is 106 Å². The van der Waals surface area contributed by atoms with Crippen molar-refractivity contribution in [3.8, 4) is 0 Å². The Morgan fingerprint density at radius 3 is 1.21 bits per heavy atom. The van der Waals surface area contributed by atoms with Crippen molar-refractivity contribution in [2.24, 2.45) is 4.99 Å². The molecule has 30 heteroatoms. The minimum Gasteiger partial charge on any atom is -0.761 e. The van der Waals surface area contributed by atoms with Gasteiger partial charge in [0.1, 0.15) is 23.1 Å². The topological polar surface area (TPSA) is 324 Å². The van der Waals surface area contributed by atoms with Crippen LogP contribution in [0.4, 0.5) is 17.1 Å². The molecule has 7 rings (SSSR count). The molecule has 0 bridgehead atoms. The molecule has 0 saturated carbocycles. The molecule has 0 radical (unpaired) electrons. The summed E-state index contributed by atoms with van der Waals surface area (Å²) in [5.74, 6) is -5.81. The number of carboxylic acids is 1. The summed E-state index contributed by atoms with van der Waals surface area (Å²) < 4.78 is 33.5. The molecule has 0 atom stereocenters. The number of halogens is 1. The van der Waals surface area contributed by atoms with Crippen LogP contribution in [-0.2, 0) is 74.6 Å². The number of carboxylic acid groups (broad SMARTS) is 1.